The highest BCUT2D eigenvalue weighted by molar-refractivity contribution is 5.44. The zero-order valence-electron chi connectivity index (χ0n) is 7.82. The molecular weight excluding hydrogens is 208 g/mol. The zero-order chi connectivity index (χ0) is 11.4. The number of aromatic nitrogens is 2. The van der Waals surface area contributed by atoms with E-state index in [4.69, 9.17) is 4.74 Å². The molecule has 9 heteroatoms. The van der Waals surface area contributed by atoms with Crippen molar-refractivity contribution in [3.05, 3.63) is 26.4 Å². The van der Waals surface area contributed by atoms with Crippen LogP contribution in [0.4, 0.5) is 11.5 Å². The van der Waals surface area contributed by atoms with E-state index in [0.717, 1.165) is 10.9 Å². The molecule has 0 aliphatic heterocycles. The van der Waals surface area contributed by atoms with Crippen LogP contribution in [0, 0.1) is 20.2 Å². The summed E-state index contributed by atoms with van der Waals surface area (Å²) in [7, 11) is 1.45. The van der Waals surface area contributed by atoms with Gasteiger partial charge in [-0.1, -0.05) is 0 Å². The van der Waals surface area contributed by atoms with Crippen LogP contribution in [0.25, 0.3) is 0 Å². The van der Waals surface area contributed by atoms with E-state index in [0.29, 0.717) is 0 Å². The van der Waals surface area contributed by atoms with Gasteiger partial charge in [0.2, 0.25) is 0 Å². The van der Waals surface area contributed by atoms with Crippen molar-refractivity contribution >= 4 is 11.5 Å². The maximum absolute atomic E-state index is 10.4. The first-order valence-corrected chi connectivity index (χ1v) is 3.91. The largest absolute Gasteiger partial charge is 0.467 e. The minimum atomic E-state index is -0.887. The zero-order valence-corrected chi connectivity index (χ0v) is 7.82. The molecule has 0 aliphatic rings. The Morgan fingerprint density at radius 3 is 2.53 bits per heavy atom. The van der Waals surface area contributed by atoms with E-state index < -0.39 is 21.4 Å². The van der Waals surface area contributed by atoms with Crippen LogP contribution in [-0.2, 0) is 11.3 Å². The molecule has 1 heterocycles. The average Bonchev–Trinajstić information content (AvgIpc) is 2.58. The van der Waals surface area contributed by atoms with Crippen molar-refractivity contribution in [3.8, 4) is 0 Å². The summed E-state index contributed by atoms with van der Waals surface area (Å²) in [6, 6.07) is 0. The highest BCUT2D eigenvalue weighted by atomic mass is 16.6. The number of nitrogens with zero attached hydrogens (tertiary/aromatic N) is 4. The van der Waals surface area contributed by atoms with Crippen LogP contribution in [0.3, 0.4) is 0 Å². The highest BCUT2D eigenvalue weighted by Gasteiger charge is 2.30. The summed E-state index contributed by atoms with van der Waals surface area (Å²) >= 11 is 0. The fourth-order valence-electron chi connectivity index (χ4n) is 0.959. The van der Waals surface area contributed by atoms with Gasteiger partial charge in [-0.25, -0.2) is 0 Å². The Bertz CT molecular complexity index is 355. The monoisotopic (exact) mass is 216 g/mol. The molecule has 1 aromatic rings. The van der Waals surface area contributed by atoms with Gasteiger partial charge >= 0.3 is 11.5 Å². The minimum absolute atomic E-state index is 0.227. The van der Waals surface area contributed by atoms with Crippen LogP contribution < -0.4 is 0 Å². The minimum Gasteiger partial charge on any atom is -0.383 e. The van der Waals surface area contributed by atoms with Crippen LogP contribution >= 0.6 is 0 Å². The molecule has 0 aliphatic carbocycles. The molecule has 1 rings (SSSR count). The summed E-state index contributed by atoms with van der Waals surface area (Å²) in [5, 5.41) is 24.3. The third-order valence-electron chi connectivity index (χ3n) is 1.62. The van der Waals surface area contributed by atoms with Crippen molar-refractivity contribution in [2.75, 3.05) is 13.7 Å². The standard InChI is InChI=1S/C6H8N4O5/c1-15-3-2-8-4-5(9(11)12)6(7-8)10(13)14/h4H,2-3H2,1H3. The number of nitro groups is 2. The summed E-state index contributed by atoms with van der Waals surface area (Å²) in [5.41, 5.74) is -0.615. The molecule has 82 valence electrons. The van der Waals surface area contributed by atoms with Crippen molar-refractivity contribution in [2.45, 2.75) is 6.54 Å². The Kier molecular flexibility index (Phi) is 3.29. The summed E-state index contributed by atoms with van der Waals surface area (Å²) < 4.78 is 5.83. The lowest BCUT2D eigenvalue weighted by atomic mass is 10.5. The van der Waals surface area contributed by atoms with Crippen molar-refractivity contribution in [1.82, 2.24) is 9.78 Å². The van der Waals surface area contributed by atoms with Crippen molar-refractivity contribution in [1.29, 1.82) is 0 Å². The molecule has 1 aromatic heterocycles. The van der Waals surface area contributed by atoms with Gasteiger partial charge in [0.25, 0.3) is 0 Å². The summed E-state index contributed by atoms with van der Waals surface area (Å²) in [6.45, 7) is 0.501. The fraction of sp³-hybridized carbons (Fsp3) is 0.500. The first kappa shape index (κ1) is 11.0. The van der Waals surface area contributed by atoms with Crippen molar-refractivity contribution < 1.29 is 14.6 Å². The van der Waals surface area contributed by atoms with E-state index in [9.17, 15) is 20.2 Å². The number of hydrogen-bond donors (Lipinski definition) is 0. The molecule has 0 radical (unpaired) electrons. The first-order chi connectivity index (χ1) is 7.06. The average molecular weight is 216 g/mol. The van der Waals surface area contributed by atoms with Gasteiger partial charge in [-0.2, -0.15) is 4.68 Å². The Morgan fingerprint density at radius 2 is 2.13 bits per heavy atom. The Labute approximate surface area is 83.6 Å². The van der Waals surface area contributed by atoms with Crippen LogP contribution in [0.1, 0.15) is 0 Å². The molecule has 0 saturated heterocycles. The van der Waals surface area contributed by atoms with Gasteiger partial charge in [0.1, 0.15) is 6.20 Å². The Morgan fingerprint density at radius 1 is 1.47 bits per heavy atom. The second kappa shape index (κ2) is 4.46. The Hall–Kier alpha value is -2.03. The second-order valence-corrected chi connectivity index (χ2v) is 2.61. The predicted octanol–water partition coefficient (Wildman–Crippen LogP) is 0.346. The molecule has 0 aromatic carbocycles. The smallest absolute Gasteiger partial charge is 0.383 e. The molecular formula is C6H8N4O5. The molecule has 0 N–H and O–H groups in total. The maximum Gasteiger partial charge on any atom is 0.467 e. The fourth-order valence-corrected chi connectivity index (χ4v) is 0.959. The van der Waals surface area contributed by atoms with Gasteiger partial charge in [0, 0.05) is 7.11 Å². The Balaban J connectivity index is 2.98. The van der Waals surface area contributed by atoms with E-state index in [1.54, 1.807) is 0 Å². The SMILES string of the molecule is COCCn1cc([N+](=O)[O-])c([N+](=O)[O-])n1. The molecule has 15 heavy (non-hydrogen) atoms. The van der Waals surface area contributed by atoms with E-state index in [1.807, 2.05) is 0 Å². The van der Waals surface area contributed by atoms with E-state index in [1.165, 1.54) is 7.11 Å². The lowest BCUT2D eigenvalue weighted by molar-refractivity contribution is -0.424. The highest BCUT2D eigenvalue weighted by Crippen LogP contribution is 2.23. The van der Waals surface area contributed by atoms with Crippen LogP contribution in [0.5, 0.6) is 0 Å². The number of ether oxygens (including phenoxy) is 1. The van der Waals surface area contributed by atoms with Gasteiger partial charge in [-0.05, 0) is 4.92 Å². The van der Waals surface area contributed by atoms with Gasteiger partial charge in [0.05, 0.1) is 23.2 Å². The number of hydrogen-bond acceptors (Lipinski definition) is 6. The summed E-state index contributed by atoms with van der Waals surface area (Å²) in [6.07, 6.45) is 1.01. The van der Waals surface area contributed by atoms with E-state index in [-0.39, 0.29) is 13.2 Å². The molecule has 9 nitrogen and oxygen atoms in total. The lowest BCUT2D eigenvalue weighted by Gasteiger charge is -1.92. The van der Waals surface area contributed by atoms with Gasteiger partial charge in [0.15, 0.2) is 0 Å². The van der Waals surface area contributed by atoms with Crippen LogP contribution in [-0.4, -0.2) is 33.3 Å². The molecule has 0 amide bonds. The van der Waals surface area contributed by atoms with Crippen LogP contribution in [0.15, 0.2) is 6.20 Å². The topological polar surface area (TPSA) is 113 Å². The first-order valence-electron chi connectivity index (χ1n) is 3.91. The molecule has 0 spiro atoms. The lowest BCUT2D eigenvalue weighted by Crippen LogP contribution is -2.04. The molecule has 0 fully saturated rings. The van der Waals surface area contributed by atoms with Crippen molar-refractivity contribution in [2.24, 2.45) is 0 Å². The molecule has 0 unspecified atom stereocenters. The molecule has 0 bridgehead atoms. The van der Waals surface area contributed by atoms with Gasteiger partial charge in [-0.15, -0.1) is 0 Å². The molecule has 0 atom stereocenters. The second-order valence-electron chi connectivity index (χ2n) is 2.61. The third kappa shape index (κ3) is 2.47. The summed E-state index contributed by atoms with van der Waals surface area (Å²) in [5.74, 6) is -0.754. The van der Waals surface area contributed by atoms with Gasteiger partial charge < -0.3 is 14.9 Å². The predicted molar refractivity (Wildman–Crippen MR) is 47.4 cm³/mol. The van der Waals surface area contributed by atoms with Crippen LogP contribution in [0.2, 0.25) is 0 Å². The van der Waals surface area contributed by atoms with Gasteiger partial charge in [-0.3, -0.25) is 10.1 Å². The van der Waals surface area contributed by atoms with E-state index in [2.05, 4.69) is 5.10 Å². The number of methoxy groups -OCH3 is 1. The van der Waals surface area contributed by atoms with Crippen molar-refractivity contribution in [3.63, 3.8) is 0 Å². The van der Waals surface area contributed by atoms with E-state index >= 15 is 0 Å². The summed E-state index contributed by atoms with van der Waals surface area (Å²) in [4.78, 5) is 19.1. The maximum atomic E-state index is 10.4. The third-order valence-corrected chi connectivity index (χ3v) is 1.62. The normalized spacial score (nSPS) is 10.2. The quantitative estimate of drug-likeness (QED) is 0.518. The molecule has 0 saturated carbocycles. The number of rotatable bonds is 5.